The molecule has 0 fully saturated rings. The molecule has 22 heavy (non-hydrogen) atoms. The Balaban J connectivity index is 0.00000242. The maximum atomic E-state index is 11.7. The summed E-state index contributed by atoms with van der Waals surface area (Å²) in [4.78, 5) is 11.7. The van der Waals surface area contributed by atoms with E-state index in [2.05, 4.69) is 11.4 Å². The van der Waals surface area contributed by atoms with E-state index in [0.29, 0.717) is 19.4 Å². The van der Waals surface area contributed by atoms with Crippen molar-refractivity contribution in [3.05, 3.63) is 42.0 Å². The molecule has 0 saturated heterocycles. The number of halogens is 1. The highest BCUT2D eigenvalue weighted by Gasteiger charge is 2.04. The van der Waals surface area contributed by atoms with Crippen molar-refractivity contribution < 1.29 is 9.53 Å². The predicted octanol–water partition coefficient (Wildman–Crippen LogP) is 3.01. The van der Waals surface area contributed by atoms with Crippen LogP contribution in [0.5, 0.6) is 5.75 Å². The maximum Gasteiger partial charge on any atom is 0.220 e. The minimum atomic E-state index is 0. The Kier molecular flexibility index (Phi) is 7.15. The first kappa shape index (κ1) is 18.3. The lowest BCUT2D eigenvalue weighted by molar-refractivity contribution is -0.121. The van der Waals surface area contributed by atoms with Crippen LogP contribution in [0.2, 0.25) is 0 Å². The topological polar surface area (TPSA) is 64.3 Å². The Labute approximate surface area is 137 Å². The predicted molar refractivity (Wildman–Crippen MR) is 92.5 cm³/mol. The number of nitrogens with two attached hydrogens (primary N) is 1. The van der Waals surface area contributed by atoms with Crippen LogP contribution in [-0.2, 0) is 11.3 Å². The first-order valence-electron chi connectivity index (χ1n) is 7.17. The summed E-state index contributed by atoms with van der Waals surface area (Å²) in [6.07, 6.45) is 1.19. The van der Waals surface area contributed by atoms with Crippen LogP contribution in [0.3, 0.4) is 0 Å². The number of benzene rings is 2. The summed E-state index contributed by atoms with van der Waals surface area (Å²) >= 11 is 0. The van der Waals surface area contributed by atoms with Gasteiger partial charge >= 0.3 is 0 Å². The Morgan fingerprint density at radius 1 is 1.23 bits per heavy atom. The van der Waals surface area contributed by atoms with Crippen molar-refractivity contribution in [1.82, 2.24) is 5.32 Å². The number of hydrogen-bond acceptors (Lipinski definition) is 3. The number of ether oxygens (including phenoxy) is 1. The molecular formula is C17H23ClN2O2. The molecule has 0 spiro atoms. The van der Waals surface area contributed by atoms with E-state index in [-0.39, 0.29) is 24.4 Å². The van der Waals surface area contributed by atoms with Gasteiger partial charge in [-0.1, -0.05) is 18.2 Å². The number of rotatable bonds is 6. The smallest absolute Gasteiger partial charge is 0.220 e. The third-order valence-electron chi connectivity index (χ3n) is 3.43. The highest BCUT2D eigenvalue weighted by molar-refractivity contribution is 5.85. The average molecular weight is 323 g/mol. The van der Waals surface area contributed by atoms with Crippen molar-refractivity contribution >= 4 is 29.1 Å². The molecule has 0 radical (unpaired) electrons. The lowest BCUT2D eigenvalue weighted by Crippen LogP contribution is -2.25. The molecule has 2 aromatic carbocycles. The molecule has 0 aliphatic heterocycles. The zero-order valence-corrected chi connectivity index (χ0v) is 13.8. The van der Waals surface area contributed by atoms with Gasteiger partial charge in [0.1, 0.15) is 5.75 Å². The summed E-state index contributed by atoms with van der Waals surface area (Å²) in [7, 11) is 1.66. The van der Waals surface area contributed by atoms with Crippen molar-refractivity contribution in [2.75, 3.05) is 7.11 Å². The van der Waals surface area contributed by atoms with Gasteiger partial charge in [0.25, 0.3) is 0 Å². The van der Waals surface area contributed by atoms with E-state index in [0.717, 1.165) is 22.1 Å². The molecule has 1 unspecified atom stereocenters. The molecular weight excluding hydrogens is 300 g/mol. The van der Waals surface area contributed by atoms with E-state index in [9.17, 15) is 4.79 Å². The number of carbonyl (C=O) groups is 1. The summed E-state index contributed by atoms with van der Waals surface area (Å²) in [6.45, 7) is 2.45. The molecule has 0 bridgehead atoms. The van der Waals surface area contributed by atoms with Gasteiger partial charge in [0.15, 0.2) is 0 Å². The lowest BCUT2D eigenvalue weighted by atomic mass is 10.1. The second-order valence-electron chi connectivity index (χ2n) is 5.34. The third kappa shape index (κ3) is 5.20. The number of methoxy groups -OCH3 is 1. The zero-order chi connectivity index (χ0) is 15.2. The van der Waals surface area contributed by atoms with Crippen molar-refractivity contribution in [1.29, 1.82) is 0 Å². The van der Waals surface area contributed by atoms with E-state index in [4.69, 9.17) is 10.5 Å². The molecule has 1 atom stereocenters. The van der Waals surface area contributed by atoms with Crippen LogP contribution in [0.15, 0.2) is 36.4 Å². The van der Waals surface area contributed by atoms with Crippen molar-refractivity contribution in [2.45, 2.75) is 32.4 Å². The molecule has 0 heterocycles. The van der Waals surface area contributed by atoms with Gasteiger partial charge in [0, 0.05) is 19.0 Å². The summed E-state index contributed by atoms with van der Waals surface area (Å²) in [5.41, 5.74) is 6.73. The van der Waals surface area contributed by atoms with E-state index in [1.807, 2.05) is 37.3 Å². The van der Waals surface area contributed by atoms with Crippen LogP contribution in [0, 0.1) is 0 Å². The van der Waals surface area contributed by atoms with Gasteiger partial charge in [-0.2, -0.15) is 0 Å². The molecule has 0 aliphatic rings. The average Bonchev–Trinajstić information content (AvgIpc) is 2.50. The van der Waals surface area contributed by atoms with Crippen molar-refractivity contribution in [3.8, 4) is 5.75 Å². The largest absolute Gasteiger partial charge is 0.497 e. The van der Waals surface area contributed by atoms with Crippen LogP contribution < -0.4 is 15.8 Å². The van der Waals surface area contributed by atoms with E-state index < -0.39 is 0 Å². The Hall–Kier alpha value is -1.78. The Bertz CT molecular complexity index is 629. The number of fused-ring (bicyclic) bond motifs is 1. The van der Waals surface area contributed by atoms with Crippen molar-refractivity contribution in [2.24, 2.45) is 5.73 Å². The molecule has 2 aromatic rings. The van der Waals surface area contributed by atoms with Crippen molar-refractivity contribution in [3.63, 3.8) is 0 Å². The number of amides is 1. The summed E-state index contributed by atoms with van der Waals surface area (Å²) in [5, 5.41) is 5.19. The number of hydrogen-bond donors (Lipinski definition) is 2. The minimum absolute atomic E-state index is 0. The molecule has 2 rings (SSSR count). The highest BCUT2D eigenvalue weighted by Crippen LogP contribution is 2.21. The molecule has 4 nitrogen and oxygen atoms in total. The quantitative estimate of drug-likeness (QED) is 0.859. The third-order valence-corrected chi connectivity index (χ3v) is 3.43. The van der Waals surface area contributed by atoms with E-state index in [1.54, 1.807) is 7.11 Å². The standard InChI is InChI=1S/C17H22N2O2.ClH/c1-12(18)3-8-17(20)19-11-13-4-5-15-10-16(21-2)7-6-14(15)9-13;/h4-7,9-10,12H,3,8,11,18H2,1-2H3,(H,19,20);1H. The first-order chi connectivity index (χ1) is 10.1. The number of nitrogens with one attached hydrogen (secondary N) is 1. The van der Waals surface area contributed by atoms with Gasteiger partial charge in [0.05, 0.1) is 7.11 Å². The fourth-order valence-corrected chi connectivity index (χ4v) is 2.16. The summed E-state index contributed by atoms with van der Waals surface area (Å²) in [5.74, 6) is 0.890. The SMILES string of the molecule is COc1ccc2cc(CNC(=O)CCC(C)N)ccc2c1.Cl. The van der Waals surface area contributed by atoms with Gasteiger partial charge in [0.2, 0.25) is 5.91 Å². The molecule has 120 valence electrons. The Morgan fingerprint density at radius 2 is 1.91 bits per heavy atom. The van der Waals surface area contributed by atoms with Crippen LogP contribution in [0.4, 0.5) is 0 Å². The monoisotopic (exact) mass is 322 g/mol. The second kappa shape index (κ2) is 8.61. The fraction of sp³-hybridized carbons (Fsp3) is 0.353. The van der Waals surface area contributed by atoms with Crippen LogP contribution >= 0.6 is 12.4 Å². The van der Waals surface area contributed by atoms with E-state index in [1.165, 1.54) is 0 Å². The lowest BCUT2D eigenvalue weighted by Gasteiger charge is -2.08. The van der Waals surface area contributed by atoms with Crippen LogP contribution in [-0.4, -0.2) is 19.1 Å². The normalized spacial score (nSPS) is 11.6. The zero-order valence-electron chi connectivity index (χ0n) is 13.0. The second-order valence-corrected chi connectivity index (χ2v) is 5.34. The molecule has 0 saturated carbocycles. The molecule has 0 aliphatic carbocycles. The van der Waals surface area contributed by atoms with Crippen LogP contribution in [0.25, 0.3) is 10.8 Å². The molecule has 5 heteroatoms. The van der Waals surface area contributed by atoms with Gasteiger partial charge in [-0.05, 0) is 47.9 Å². The molecule has 3 N–H and O–H groups in total. The van der Waals surface area contributed by atoms with Gasteiger partial charge in [-0.15, -0.1) is 12.4 Å². The summed E-state index contributed by atoms with van der Waals surface area (Å²) < 4.78 is 5.21. The van der Waals surface area contributed by atoms with Gasteiger partial charge in [-0.25, -0.2) is 0 Å². The van der Waals surface area contributed by atoms with Crippen LogP contribution in [0.1, 0.15) is 25.3 Å². The van der Waals surface area contributed by atoms with Gasteiger partial charge in [-0.3, -0.25) is 4.79 Å². The molecule has 1 amide bonds. The Morgan fingerprint density at radius 3 is 2.59 bits per heavy atom. The summed E-state index contributed by atoms with van der Waals surface area (Å²) in [6, 6.07) is 12.2. The fourth-order valence-electron chi connectivity index (χ4n) is 2.16. The van der Waals surface area contributed by atoms with E-state index >= 15 is 0 Å². The maximum absolute atomic E-state index is 11.7. The molecule has 0 aromatic heterocycles. The minimum Gasteiger partial charge on any atom is -0.497 e. The van der Waals surface area contributed by atoms with Gasteiger partial charge < -0.3 is 15.8 Å². The first-order valence-corrected chi connectivity index (χ1v) is 7.17. The highest BCUT2D eigenvalue weighted by atomic mass is 35.5. The number of carbonyl (C=O) groups excluding carboxylic acids is 1.